The normalized spacial score (nSPS) is 11.4. The first-order valence-corrected chi connectivity index (χ1v) is 8.83. The van der Waals surface area contributed by atoms with Gasteiger partial charge in [-0.1, -0.05) is 71.4 Å². The fourth-order valence-electron chi connectivity index (χ4n) is 2.75. The van der Waals surface area contributed by atoms with Crippen LogP contribution in [-0.2, 0) is 13.1 Å². The Morgan fingerprint density at radius 2 is 1.81 bits per heavy atom. The third-order valence-electron chi connectivity index (χ3n) is 4.15. The predicted molar refractivity (Wildman–Crippen MR) is 106 cm³/mol. The molecule has 4 rings (SSSR count). The number of hydrogen-bond donors (Lipinski definition) is 0. The standard InChI is InChI=1S/C20H16ClN5O/c21-17-10-8-16(9-11-17)13-26-19-18(23-24-26)20(27)25(14-22-19)12-4-7-15-5-2-1-3-6-15/h1-11,14H,12-13H2/b7-4+. The first-order chi connectivity index (χ1) is 13.2. The third kappa shape index (κ3) is 3.80. The van der Waals surface area contributed by atoms with E-state index in [9.17, 15) is 4.79 Å². The van der Waals surface area contributed by atoms with E-state index in [0.717, 1.165) is 11.1 Å². The van der Waals surface area contributed by atoms with Gasteiger partial charge >= 0.3 is 0 Å². The van der Waals surface area contributed by atoms with Crippen LogP contribution in [0.1, 0.15) is 11.1 Å². The van der Waals surface area contributed by atoms with Crippen LogP contribution >= 0.6 is 11.6 Å². The molecule has 0 aliphatic carbocycles. The van der Waals surface area contributed by atoms with Crippen LogP contribution in [-0.4, -0.2) is 24.5 Å². The lowest BCUT2D eigenvalue weighted by molar-refractivity contribution is 0.663. The second kappa shape index (κ2) is 7.55. The minimum atomic E-state index is -0.208. The monoisotopic (exact) mass is 377 g/mol. The summed E-state index contributed by atoms with van der Waals surface area (Å²) in [6.07, 6.45) is 5.41. The molecule has 0 aliphatic rings. The van der Waals surface area contributed by atoms with Crippen LogP contribution in [0.5, 0.6) is 0 Å². The van der Waals surface area contributed by atoms with Crippen molar-refractivity contribution in [1.82, 2.24) is 24.5 Å². The molecule has 0 atom stereocenters. The number of fused-ring (bicyclic) bond motifs is 1. The molecule has 27 heavy (non-hydrogen) atoms. The quantitative estimate of drug-likeness (QED) is 0.534. The maximum Gasteiger partial charge on any atom is 0.283 e. The first kappa shape index (κ1) is 17.2. The molecule has 0 unspecified atom stereocenters. The average molecular weight is 378 g/mol. The van der Waals surface area contributed by atoms with Crippen molar-refractivity contribution in [2.24, 2.45) is 0 Å². The molecule has 0 saturated heterocycles. The number of aromatic nitrogens is 5. The highest BCUT2D eigenvalue weighted by atomic mass is 35.5. The van der Waals surface area contributed by atoms with Gasteiger partial charge in [0.05, 0.1) is 6.54 Å². The second-order valence-electron chi connectivity index (χ2n) is 6.06. The highest BCUT2D eigenvalue weighted by Crippen LogP contribution is 2.12. The number of hydrogen-bond acceptors (Lipinski definition) is 4. The van der Waals surface area contributed by atoms with Gasteiger partial charge < -0.3 is 0 Å². The topological polar surface area (TPSA) is 65.6 Å². The summed E-state index contributed by atoms with van der Waals surface area (Å²) in [5.41, 5.74) is 2.61. The Bertz CT molecular complexity index is 1150. The molecule has 0 spiro atoms. The molecule has 2 aromatic carbocycles. The number of rotatable bonds is 5. The smallest absolute Gasteiger partial charge is 0.283 e. The van der Waals surface area contributed by atoms with Gasteiger partial charge in [-0.3, -0.25) is 9.36 Å². The van der Waals surface area contributed by atoms with E-state index in [1.165, 1.54) is 10.9 Å². The largest absolute Gasteiger partial charge is 0.293 e. The lowest BCUT2D eigenvalue weighted by Crippen LogP contribution is -2.20. The van der Waals surface area contributed by atoms with Gasteiger partial charge in [0.25, 0.3) is 5.56 Å². The Morgan fingerprint density at radius 3 is 2.59 bits per heavy atom. The van der Waals surface area contributed by atoms with Gasteiger partial charge in [0.2, 0.25) is 0 Å². The second-order valence-corrected chi connectivity index (χ2v) is 6.50. The Balaban J connectivity index is 1.57. The molecule has 134 valence electrons. The van der Waals surface area contributed by atoms with Crippen molar-refractivity contribution in [1.29, 1.82) is 0 Å². The summed E-state index contributed by atoms with van der Waals surface area (Å²) in [4.78, 5) is 17.0. The molecule has 0 bridgehead atoms. The maximum absolute atomic E-state index is 12.6. The Morgan fingerprint density at radius 1 is 1.04 bits per heavy atom. The number of allylic oxidation sites excluding steroid dienone is 1. The van der Waals surface area contributed by atoms with Crippen LogP contribution in [0.2, 0.25) is 5.02 Å². The number of halogens is 1. The van der Waals surface area contributed by atoms with Gasteiger partial charge in [-0.2, -0.15) is 0 Å². The van der Waals surface area contributed by atoms with Gasteiger partial charge in [0.15, 0.2) is 11.2 Å². The molecule has 2 heterocycles. The lowest BCUT2D eigenvalue weighted by Gasteiger charge is -2.04. The highest BCUT2D eigenvalue weighted by Gasteiger charge is 2.11. The van der Waals surface area contributed by atoms with Crippen LogP contribution < -0.4 is 5.56 Å². The zero-order valence-electron chi connectivity index (χ0n) is 14.4. The Labute approximate surface area is 160 Å². The van der Waals surface area contributed by atoms with E-state index < -0.39 is 0 Å². The minimum Gasteiger partial charge on any atom is -0.293 e. The van der Waals surface area contributed by atoms with Crippen molar-refractivity contribution in [3.63, 3.8) is 0 Å². The van der Waals surface area contributed by atoms with Crippen molar-refractivity contribution < 1.29 is 0 Å². The van der Waals surface area contributed by atoms with Crippen molar-refractivity contribution in [2.75, 3.05) is 0 Å². The summed E-state index contributed by atoms with van der Waals surface area (Å²) in [6.45, 7) is 0.888. The summed E-state index contributed by atoms with van der Waals surface area (Å²) < 4.78 is 3.13. The SMILES string of the molecule is O=c1c2nnn(Cc3ccc(Cl)cc3)c2ncn1C/C=C/c1ccccc1. The fourth-order valence-corrected chi connectivity index (χ4v) is 2.88. The third-order valence-corrected chi connectivity index (χ3v) is 4.40. The molecule has 0 aliphatic heterocycles. The summed E-state index contributed by atoms with van der Waals surface area (Å²) in [5.74, 6) is 0. The molecule has 0 saturated carbocycles. The minimum absolute atomic E-state index is 0.208. The van der Waals surface area contributed by atoms with Crippen molar-refractivity contribution in [2.45, 2.75) is 13.1 Å². The van der Waals surface area contributed by atoms with Gasteiger partial charge in [-0.05, 0) is 23.3 Å². The number of nitrogens with zero attached hydrogens (tertiary/aromatic N) is 5. The van der Waals surface area contributed by atoms with E-state index in [-0.39, 0.29) is 11.1 Å². The highest BCUT2D eigenvalue weighted by molar-refractivity contribution is 6.30. The average Bonchev–Trinajstić information content (AvgIpc) is 3.10. The van der Waals surface area contributed by atoms with Crippen LogP contribution in [0.3, 0.4) is 0 Å². The van der Waals surface area contributed by atoms with Crippen LogP contribution in [0, 0.1) is 0 Å². The van der Waals surface area contributed by atoms with Crippen molar-refractivity contribution in [3.05, 3.63) is 93.5 Å². The van der Waals surface area contributed by atoms with E-state index >= 15 is 0 Å². The van der Waals surface area contributed by atoms with Crippen molar-refractivity contribution in [3.8, 4) is 0 Å². The van der Waals surface area contributed by atoms with E-state index in [1.54, 1.807) is 4.68 Å². The zero-order chi connectivity index (χ0) is 18.6. The molecule has 0 amide bonds. The lowest BCUT2D eigenvalue weighted by atomic mass is 10.2. The molecule has 4 aromatic rings. The van der Waals surface area contributed by atoms with Crippen LogP contribution in [0.4, 0.5) is 0 Å². The van der Waals surface area contributed by atoms with Gasteiger partial charge in [0, 0.05) is 11.6 Å². The molecule has 0 radical (unpaired) electrons. The summed E-state index contributed by atoms with van der Waals surface area (Å²) in [6, 6.07) is 17.4. The Hall–Kier alpha value is -3.25. The zero-order valence-corrected chi connectivity index (χ0v) is 15.1. The molecule has 2 aromatic heterocycles. The molecule has 7 heteroatoms. The van der Waals surface area contributed by atoms with Gasteiger partial charge in [0.1, 0.15) is 6.33 Å². The maximum atomic E-state index is 12.6. The summed E-state index contributed by atoms with van der Waals surface area (Å²) in [7, 11) is 0. The fraction of sp³-hybridized carbons (Fsp3) is 0.100. The molecule has 0 N–H and O–H groups in total. The van der Waals surface area contributed by atoms with Crippen molar-refractivity contribution >= 4 is 28.8 Å². The predicted octanol–water partition coefficient (Wildman–Crippen LogP) is 3.40. The van der Waals surface area contributed by atoms with E-state index in [0.29, 0.717) is 23.8 Å². The number of benzene rings is 2. The first-order valence-electron chi connectivity index (χ1n) is 8.45. The van der Waals surface area contributed by atoms with Crippen LogP contribution in [0.15, 0.2) is 71.8 Å². The summed E-state index contributed by atoms with van der Waals surface area (Å²) in [5, 5.41) is 8.78. The molecular weight excluding hydrogens is 362 g/mol. The van der Waals surface area contributed by atoms with E-state index in [4.69, 9.17) is 11.6 Å². The van der Waals surface area contributed by atoms with Crippen LogP contribution in [0.25, 0.3) is 17.2 Å². The summed E-state index contributed by atoms with van der Waals surface area (Å²) >= 11 is 5.91. The molecule has 0 fully saturated rings. The van der Waals surface area contributed by atoms with E-state index in [1.807, 2.05) is 66.7 Å². The van der Waals surface area contributed by atoms with E-state index in [2.05, 4.69) is 15.3 Å². The molecular formula is C20H16ClN5O. The Kier molecular flexibility index (Phi) is 4.80. The van der Waals surface area contributed by atoms with Gasteiger partial charge in [-0.25, -0.2) is 9.67 Å². The molecule has 6 nitrogen and oxygen atoms in total. The van der Waals surface area contributed by atoms with Gasteiger partial charge in [-0.15, -0.1) is 5.10 Å².